The normalized spacial score (nSPS) is 14.2. The minimum atomic E-state index is -0.0533. The molecule has 0 amide bonds. The molecule has 128 heavy (non-hydrogen) atoms. The Balaban J connectivity index is 0.0000000930. The van der Waals surface area contributed by atoms with Crippen LogP contribution in [0.3, 0.4) is 0 Å². The van der Waals surface area contributed by atoms with E-state index in [1.54, 1.807) is 12.4 Å². The number of fused-ring (bicyclic) bond motifs is 27. The predicted octanol–water partition coefficient (Wildman–Crippen LogP) is 29.2. The minimum Gasteiger partial charge on any atom is -0.423 e. The van der Waals surface area contributed by atoms with Gasteiger partial charge < -0.3 is 13.6 Å². The lowest BCUT2D eigenvalue weighted by atomic mass is 9.82. The van der Waals surface area contributed by atoms with Crippen molar-refractivity contribution >= 4 is 120 Å². The largest absolute Gasteiger partial charge is 0.423 e. The summed E-state index contributed by atoms with van der Waals surface area (Å²) in [4.78, 5) is 23.1. The number of para-hydroxylation sites is 8. The average molecular weight is 1650 g/mol. The third-order valence-corrected chi connectivity index (χ3v) is 28.4. The molecule has 0 bridgehead atoms. The molecule has 0 saturated heterocycles. The van der Waals surface area contributed by atoms with Crippen LogP contribution in [0.2, 0.25) is 0 Å². The van der Waals surface area contributed by atoms with Gasteiger partial charge in [-0.1, -0.05) is 268 Å². The molecule has 8 heterocycles. The molecular weight excluding hydrogens is 1560 g/mol. The Labute approximate surface area is 739 Å². The third kappa shape index (κ3) is 11.0. The van der Waals surface area contributed by atoms with E-state index in [1.807, 2.05) is 55.1 Å². The molecule has 8 aromatic heterocycles. The van der Waals surface area contributed by atoms with Crippen molar-refractivity contribution in [1.82, 2.24) is 47.8 Å². The van der Waals surface area contributed by atoms with Crippen LogP contribution in [0.4, 0.5) is 0 Å². The van der Waals surface area contributed by atoms with Gasteiger partial charge in [-0.05, 0) is 228 Å². The van der Waals surface area contributed by atoms with Crippen LogP contribution in [0.1, 0.15) is 99.9 Å². The van der Waals surface area contributed by atoms with Crippen molar-refractivity contribution in [3.05, 3.63) is 421 Å². The number of nitrogens with zero attached hydrogens (tertiary/aromatic N) is 10. The van der Waals surface area contributed by atoms with Crippen molar-refractivity contribution in [1.29, 1.82) is 0 Å². The number of imidazole rings is 1. The Bertz CT molecular complexity index is 8750. The molecule has 24 aromatic rings. The zero-order chi connectivity index (χ0) is 85.8. The average Bonchev–Trinajstić information content (AvgIpc) is 1.56. The second-order valence-electron chi connectivity index (χ2n) is 36.8. The van der Waals surface area contributed by atoms with Gasteiger partial charge in [0.1, 0.15) is 17.4 Å². The highest BCUT2D eigenvalue weighted by atomic mass is 16.4. The molecule has 0 unspecified atom stereocenters. The van der Waals surface area contributed by atoms with Gasteiger partial charge in [0.2, 0.25) is 5.95 Å². The Kier molecular flexibility index (Phi) is 16.2. The summed E-state index contributed by atoms with van der Waals surface area (Å²) < 4.78 is 17.6. The summed E-state index contributed by atoms with van der Waals surface area (Å²) in [7, 11) is 0. The Morgan fingerprint density at radius 2 is 0.664 bits per heavy atom. The fraction of sp³-hybridized carbons (Fsp3) is 0.103. The summed E-state index contributed by atoms with van der Waals surface area (Å²) in [6, 6.07) is 125. The van der Waals surface area contributed by atoms with E-state index in [2.05, 4.69) is 403 Å². The van der Waals surface area contributed by atoms with Gasteiger partial charge in [0.15, 0.2) is 5.58 Å². The molecule has 0 fully saturated rings. The minimum absolute atomic E-state index is 0.0174. The number of pyridine rings is 1. The maximum absolute atomic E-state index is 6.21. The van der Waals surface area contributed by atoms with E-state index in [0.29, 0.717) is 12.0 Å². The highest BCUT2D eigenvalue weighted by Crippen LogP contribution is 2.56. The van der Waals surface area contributed by atoms with Crippen LogP contribution in [0, 0.1) is 0 Å². The zero-order valence-electron chi connectivity index (χ0n) is 72.2. The number of hydrogen-bond donors (Lipinski definition) is 0. The Morgan fingerprint density at radius 1 is 0.258 bits per heavy atom. The first-order valence-corrected chi connectivity index (χ1v) is 44.2. The number of rotatable bonds is 5. The van der Waals surface area contributed by atoms with Crippen LogP contribution in [0.15, 0.2) is 381 Å². The Morgan fingerprint density at radius 3 is 1.16 bits per heavy atom. The van der Waals surface area contributed by atoms with Crippen molar-refractivity contribution in [2.24, 2.45) is 0 Å². The molecule has 11 nitrogen and oxygen atoms in total. The van der Waals surface area contributed by atoms with E-state index in [-0.39, 0.29) is 21.7 Å². The fourth-order valence-corrected chi connectivity index (χ4v) is 22.2. The fourth-order valence-electron chi connectivity index (χ4n) is 22.2. The summed E-state index contributed by atoms with van der Waals surface area (Å²) in [5.41, 5.74) is 38.4. The molecule has 0 radical (unpaired) electrons. The molecular formula is C117H86N10O. The first-order valence-electron chi connectivity index (χ1n) is 44.2. The number of oxazole rings is 1. The summed E-state index contributed by atoms with van der Waals surface area (Å²) in [5.74, 6) is 0.710. The van der Waals surface area contributed by atoms with Crippen LogP contribution in [0.5, 0.6) is 0 Å². The summed E-state index contributed by atoms with van der Waals surface area (Å²) in [5, 5.41) is 12.4. The van der Waals surface area contributed by atoms with E-state index in [9.17, 15) is 0 Å². The van der Waals surface area contributed by atoms with Crippen LogP contribution in [-0.4, -0.2) is 47.8 Å². The van der Waals surface area contributed by atoms with E-state index >= 15 is 0 Å². The second kappa shape index (κ2) is 27.8. The first-order chi connectivity index (χ1) is 62.5. The highest BCUT2D eigenvalue weighted by Gasteiger charge is 2.41. The van der Waals surface area contributed by atoms with Crippen LogP contribution in [-0.2, 0) is 21.7 Å². The lowest BCUT2D eigenvalue weighted by Gasteiger charge is -2.21. The molecule has 0 N–H and O–H groups in total. The van der Waals surface area contributed by atoms with Crippen molar-refractivity contribution in [2.75, 3.05) is 0 Å². The smallest absolute Gasteiger partial charge is 0.307 e. The van der Waals surface area contributed by atoms with Gasteiger partial charge >= 0.3 is 6.01 Å². The topological polar surface area (TPSA) is 102 Å². The maximum atomic E-state index is 6.21. The standard InChI is InChI=1S/C34H25N3.C30H22N2.C28H20N2O.C25H19N3/c1-34(2)27-15-8-6-13-23(27)25-19-26-24-14-7-9-16-29(24)37(32(26)20-28(25)34)31-18-10-17-30-33(31)35-21-36(30)22-11-4-3-5-12-22;1-30(2)26-9-5-3-7-22(26)24-16-25-23-8-4-6-10-28(23)32(29(25)17-27(24)30)21-12-11-20-18-31-14-13-19(20)15-21;1-28(2)21-11-5-3-9-17(21)19-15-20-18-10-4-7-13-24(18)30(25(20)16-22(19)28)27-29-23-12-6-8-14-26(23)31-27;1-25(2)20-10-5-3-8-16(20)18-14-19-17-9-4-6-11-22(17)28(23(19)15-21(18)25)24-26-12-7-13-27-24/h3-21H,1-2H3;3-18H,1-2H3;3-16H,1-2H3;3-15H,1-2H3. The molecule has 28 rings (SSSR count). The summed E-state index contributed by atoms with van der Waals surface area (Å²) in [6.07, 6.45) is 9.34. The van der Waals surface area contributed by atoms with Crippen LogP contribution >= 0.6 is 0 Å². The molecule has 16 aromatic carbocycles. The third-order valence-electron chi connectivity index (χ3n) is 28.4. The Hall–Kier alpha value is -15.9. The maximum Gasteiger partial charge on any atom is 0.307 e. The number of benzene rings is 16. The quantitative estimate of drug-likeness (QED) is 0.170. The van der Waals surface area contributed by atoms with Crippen molar-refractivity contribution in [3.8, 4) is 73.5 Å². The van der Waals surface area contributed by atoms with Crippen molar-refractivity contribution in [3.63, 3.8) is 0 Å². The molecule has 4 aliphatic rings. The molecule has 0 spiro atoms. The van der Waals surface area contributed by atoms with E-state index in [1.165, 1.54) is 165 Å². The molecule has 0 aliphatic heterocycles. The molecule has 0 atom stereocenters. The van der Waals surface area contributed by atoms with Crippen molar-refractivity contribution < 1.29 is 4.42 Å². The molecule has 11 heteroatoms. The van der Waals surface area contributed by atoms with Gasteiger partial charge in [0.05, 0.1) is 55.3 Å². The van der Waals surface area contributed by atoms with Gasteiger partial charge in [0, 0.05) is 106 Å². The van der Waals surface area contributed by atoms with Gasteiger partial charge in [0.25, 0.3) is 0 Å². The van der Waals surface area contributed by atoms with Gasteiger partial charge in [-0.2, -0.15) is 4.98 Å². The number of hydrogen-bond acceptors (Lipinski definition) is 6. The number of aromatic nitrogens is 10. The summed E-state index contributed by atoms with van der Waals surface area (Å²) >= 11 is 0. The first kappa shape index (κ1) is 74.7. The predicted molar refractivity (Wildman–Crippen MR) is 526 cm³/mol. The monoisotopic (exact) mass is 1650 g/mol. The highest BCUT2D eigenvalue weighted by molar-refractivity contribution is 6.16. The van der Waals surface area contributed by atoms with E-state index in [0.717, 1.165) is 61.0 Å². The van der Waals surface area contributed by atoms with Gasteiger partial charge in [-0.25, -0.2) is 15.0 Å². The molecule has 4 aliphatic carbocycles. The van der Waals surface area contributed by atoms with E-state index < -0.39 is 0 Å². The molecule has 610 valence electrons. The van der Waals surface area contributed by atoms with Gasteiger partial charge in [-0.3, -0.25) is 18.7 Å². The zero-order valence-corrected chi connectivity index (χ0v) is 72.2. The van der Waals surface area contributed by atoms with E-state index in [4.69, 9.17) is 14.4 Å². The SMILES string of the molecule is CC1(C)c2ccccc2-c2cc3c4ccccc4n(-c4ccc5cnccc5c4)c3cc21.CC1(C)c2ccccc2-c2cc3c4ccccc4n(-c4cccc5c4ncn5-c4ccccc4)c3cc21.CC1(C)c2ccccc2-c2cc3c4ccccc4n(-c4nc5ccccc5o4)c3cc21.CC1(C)c2ccccc2-c2cc3c4ccccc4n(-c4ncccn4)c3cc21. The summed E-state index contributed by atoms with van der Waals surface area (Å²) in [6.45, 7) is 18.6. The van der Waals surface area contributed by atoms with Crippen LogP contribution in [0.25, 0.3) is 194 Å². The van der Waals surface area contributed by atoms with Crippen LogP contribution < -0.4 is 0 Å². The van der Waals surface area contributed by atoms with Crippen molar-refractivity contribution in [2.45, 2.75) is 77.0 Å². The lowest BCUT2D eigenvalue weighted by Crippen LogP contribution is -2.15. The lowest BCUT2D eigenvalue weighted by molar-refractivity contribution is 0.574. The van der Waals surface area contributed by atoms with Gasteiger partial charge in [-0.15, -0.1) is 0 Å². The second-order valence-corrected chi connectivity index (χ2v) is 36.8. The molecule has 0 saturated carbocycles.